The monoisotopic (exact) mass is 336 g/mol. The van der Waals surface area contributed by atoms with E-state index >= 15 is 0 Å². The molecule has 0 fully saturated rings. The summed E-state index contributed by atoms with van der Waals surface area (Å²) in [4.78, 5) is 10.4. The smallest absolute Gasteiger partial charge is 0.293 e. The number of nitrogens with zero attached hydrogens (tertiary/aromatic N) is 1. The number of hydrogen-bond donors (Lipinski definition) is 2. The van der Waals surface area contributed by atoms with Gasteiger partial charge in [0.25, 0.3) is 5.69 Å². The molecule has 0 bridgehead atoms. The van der Waals surface area contributed by atoms with E-state index in [0.29, 0.717) is 18.7 Å². The molecule has 1 rings (SSSR count). The van der Waals surface area contributed by atoms with E-state index in [4.69, 9.17) is 0 Å². The summed E-state index contributed by atoms with van der Waals surface area (Å²) in [5, 5.41) is 23.0. The molecule has 88 valence electrons. The first-order chi connectivity index (χ1) is 7.54. The average Bonchev–Trinajstić information content (AvgIpc) is 2.26. The molecule has 0 amide bonds. The number of rotatable bonds is 5. The third kappa shape index (κ3) is 3.60. The minimum Gasteiger partial charge on any atom is -0.391 e. The second kappa shape index (κ2) is 6.00. The highest BCUT2D eigenvalue weighted by Gasteiger charge is 2.14. The summed E-state index contributed by atoms with van der Waals surface area (Å²) in [5.74, 6) is 0. The molecule has 0 saturated carbocycles. The molecule has 1 atom stereocenters. The summed E-state index contributed by atoms with van der Waals surface area (Å²) >= 11 is 2.02. The highest BCUT2D eigenvalue weighted by Crippen LogP contribution is 2.26. The van der Waals surface area contributed by atoms with Crippen molar-refractivity contribution in [2.24, 2.45) is 0 Å². The van der Waals surface area contributed by atoms with Crippen molar-refractivity contribution >= 4 is 34.0 Å². The van der Waals surface area contributed by atoms with Crippen LogP contribution in [0, 0.1) is 13.7 Å². The van der Waals surface area contributed by atoms with Crippen LogP contribution >= 0.6 is 22.6 Å². The predicted octanol–water partition coefficient (Wildman–Crippen LogP) is 2.38. The SMILES string of the molecule is CCC(O)CNc1ccc(I)cc1[N+](=O)[O-]. The van der Waals surface area contributed by atoms with Crippen LogP contribution < -0.4 is 5.32 Å². The first kappa shape index (κ1) is 13.2. The number of anilines is 1. The average molecular weight is 336 g/mol. The van der Waals surface area contributed by atoms with Gasteiger partial charge in [-0.2, -0.15) is 0 Å². The van der Waals surface area contributed by atoms with E-state index in [2.05, 4.69) is 5.32 Å². The van der Waals surface area contributed by atoms with Crippen molar-refractivity contribution in [3.05, 3.63) is 31.9 Å². The molecule has 0 aliphatic rings. The Bertz CT molecular complexity index is 384. The summed E-state index contributed by atoms with van der Waals surface area (Å²) in [7, 11) is 0. The second-order valence-corrected chi connectivity index (χ2v) is 4.61. The zero-order chi connectivity index (χ0) is 12.1. The van der Waals surface area contributed by atoms with Crippen molar-refractivity contribution in [3.63, 3.8) is 0 Å². The highest BCUT2D eigenvalue weighted by molar-refractivity contribution is 14.1. The number of hydrogen-bond acceptors (Lipinski definition) is 4. The minimum absolute atomic E-state index is 0.0372. The molecule has 0 aliphatic carbocycles. The van der Waals surface area contributed by atoms with Gasteiger partial charge >= 0.3 is 0 Å². The van der Waals surface area contributed by atoms with Gasteiger partial charge in [-0.25, -0.2) is 0 Å². The number of nitro benzene ring substituents is 1. The van der Waals surface area contributed by atoms with Crippen LogP contribution in [-0.2, 0) is 0 Å². The fraction of sp³-hybridized carbons (Fsp3) is 0.400. The molecule has 16 heavy (non-hydrogen) atoms. The summed E-state index contributed by atoms with van der Waals surface area (Å²) < 4.78 is 0.811. The van der Waals surface area contributed by atoms with Crippen LogP contribution in [0.25, 0.3) is 0 Å². The van der Waals surface area contributed by atoms with Crippen LogP contribution in [0.5, 0.6) is 0 Å². The summed E-state index contributed by atoms with van der Waals surface area (Å²) in [6.45, 7) is 2.17. The number of benzene rings is 1. The van der Waals surface area contributed by atoms with Crippen molar-refractivity contribution in [3.8, 4) is 0 Å². The Morgan fingerprint density at radius 2 is 2.31 bits per heavy atom. The van der Waals surface area contributed by atoms with Gasteiger partial charge in [-0.15, -0.1) is 0 Å². The molecule has 0 aromatic heterocycles. The zero-order valence-electron chi connectivity index (χ0n) is 8.81. The van der Waals surface area contributed by atoms with Gasteiger partial charge in [0, 0.05) is 16.2 Å². The van der Waals surface area contributed by atoms with Gasteiger partial charge in [0.05, 0.1) is 11.0 Å². The molecule has 5 nitrogen and oxygen atoms in total. The zero-order valence-corrected chi connectivity index (χ0v) is 11.0. The van der Waals surface area contributed by atoms with Crippen molar-refractivity contribution in [2.45, 2.75) is 19.4 Å². The molecule has 1 aromatic carbocycles. The standard InChI is InChI=1S/C10H13IN2O3/c1-2-8(14)6-12-9-4-3-7(11)5-10(9)13(15)16/h3-5,8,12,14H,2,6H2,1H3. The molecule has 6 heteroatoms. The van der Waals surface area contributed by atoms with Gasteiger partial charge in [-0.05, 0) is 41.1 Å². The maximum atomic E-state index is 10.8. The van der Waals surface area contributed by atoms with Gasteiger partial charge in [-0.3, -0.25) is 10.1 Å². The molecule has 1 aromatic rings. The normalized spacial score (nSPS) is 12.2. The van der Waals surface area contributed by atoms with E-state index in [1.54, 1.807) is 12.1 Å². The number of aliphatic hydroxyl groups excluding tert-OH is 1. The Kier molecular flexibility index (Phi) is 4.94. The van der Waals surface area contributed by atoms with Crippen molar-refractivity contribution in [2.75, 3.05) is 11.9 Å². The summed E-state index contributed by atoms with van der Waals surface area (Å²) in [6.07, 6.45) is 0.129. The Balaban J connectivity index is 2.82. The molecule has 0 aliphatic heterocycles. The van der Waals surface area contributed by atoms with Crippen LogP contribution in [0.15, 0.2) is 18.2 Å². The number of aliphatic hydroxyl groups is 1. The van der Waals surface area contributed by atoms with Crippen molar-refractivity contribution in [1.82, 2.24) is 0 Å². The van der Waals surface area contributed by atoms with Crippen LogP contribution in [0.1, 0.15) is 13.3 Å². The van der Waals surface area contributed by atoms with Crippen LogP contribution in [0.2, 0.25) is 0 Å². The van der Waals surface area contributed by atoms with Gasteiger partial charge in [0.1, 0.15) is 5.69 Å². The maximum Gasteiger partial charge on any atom is 0.293 e. The van der Waals surface area contributed by atoms with E-state index in [1.807, 2.05) is 29.5 Å². The van der Waals surface area contributed by atoms with E-state index in [1.165, 1.54) is 6.07 Å². The quantitative estimate of drug-likeness (QED) is 0.492. The van der Waals surface area contributed by atoms with Crippen molar-refractivity contribution < 1.29 is 10.0 Å². The Labute approximate surface area is 107 Å². The third-order valence-electron chi connectivity index (χ3n) is 2.16. The van der Waals surface area contributed by atoms with Crippen molar-refractivity contribution in [1.29, 1.82) is 0 Å². The van der Waals surface area contributed by atoms with Gasteiger partial charge < -0.3 is 10.4 Å². The number of nitro groups is 1. The first-order valence-electron chi connectivity index (χ1n) is 4.90. The number of nitrogens with one attached hydrogen (secondary N) is 1. The fourth-order valence-corrected chi connectivity index (χ4v) is 1.65. The van der Waals surface area contributed by atoms with E-state index < -0.39 is 11.0 Å². The van der Waals surface area contributed by atoms with Crippen LogP contribution in [-0.4, -0.2) is 22.7 Å². The van der Waals surface area contributed by atoms with Gasteiger partial charge in [0.2, 0.25) is 0 Å². The molecule has 2 N–H and O–H groups in total. The Morgan fingerprint density at radius 3 is 2.88 bits per heavy atom. The first-order valence-corrected chi connectivity index (χ1v) is 5.98. The lowest BCUT2D eigenvalue weighted by atomic mass is 10.2. The second-order valence-electron chi connectivity index (χ2n) is 3.36. The van der Waals surface area contributed by atoms with Gasteiger partial charge in [-0.1, -0.05) is 6.92 Å². The van der Waals surface area contributed by atoms with Crippen LogP contribution in [0.4, 0.5) is 11.4 Å². The number of halogens is 1. The molecule has 0 saturated heterocycles. The van der Waals surface area contributed by atoms with E-state index in [-0.39, 0.29) is 5.69 Å². The maximum absolute atomic E-state index is 10.8. The van der Waals surface area contributed by atoms with E-state index in [9.17, 15) is 15.2 Å². The Hall–Kier alpha value is -0.890. The molecule has 0 spiro atoms. The lowest BCUT2D eigenvalue weighted by Crippen LogP contribution is -2.18. The molecule has 0 radical (unpaired) electrons. The lowest BCUT2D eigenvalue weighted by molar-refractivity contribution is -0.384. The topological polar surface area (TPSA) is 75.4 Å². The summed E-state index contributed by atoms with van der Waals surface area (Å²) in [5.41, 5.74) is 0.480. The molecular formula is C10H13IN2O3. The molecular weight excluding hydrogens is 323 g/mol. The van der Waals surface area contributed by atoms with E-state index in [0.717, 1.165) is 3.57 Å². The largest absolute Gasteiger partial charge is 0.391 e. The summed E-state index contributed by atoms with van der Waals surface area (Å²) in [6, 6.07) is 4.94. The molecule has 0 heterocycles. The molecule has 1 unspecified atom stereocenters. The third-order valence-corrected chi connectivity index (χ3v) is 2.83. The van der Waals surface area contributed by atoms with Crippen LogP contribution in [0.3, 0.4) is 0 Å². The Morgan fingerprint density at radius 1 is 1.62 bits per heavy atom. The predicted molar refractivity (Wildman–Crippen MR) is 70.6 cm³/mol. The minimum atomic E-state index is -0.487. The fourth-order valence-electron chi connectivity index (χ4n) is 1.18. The van der Waals surface area contributed by atoms with Gasteiger partial charge in [0.15, 0.2) is 0 Å². The lowest BCUT2D eigenvalue weighted by Gasteiger charge is -2.10. The highest BCUT2D eigenvalue weighted by atomic mass is 127.